The van der Waals surface area contributed by atoms with Gasteiger partial charge in [-0.25, -0.2) is 0 Å². The molecule has 0 radical (unpaired) electrons. The van der Waals surface area contributed by atoms with Crippen molar-refractivity contribution in [2.45, 2.75) is 32.2 Å². The standard InChI is InChI=1S/C15H24N2O/c16-15-8-4-3-6-13(15)10-17-9-12-5-1-2-7-14(12)11-18/h3-4,6,8,12,14,17-18H,1-2,5,7,9-11,16H2. The number of nitrogens with two attached hydrogens (primary N) is 1. The molecule has 2 rings (SSSR count). The average Bonchev–Trinajstić information content (AvgIpc) is 2.41. The maximum absolute atomic E-state index is 9.37. The van der Waals surface area contributed by atoms with Gasteiger partial charge in [-0.1, -0.05) is 31.0 Å². The average molecular weight is 248 g/mol. The molecule has 3 nitrogen and oxygen atoms in total. The quantitative estimate of drug-likeness (QED) is 0.700. The van der Waals surface area contributed by atoms with Gasteiger partial charge in [-0.2, -0.15) is 0 Å². The summed E-state index contributed by atoms with van der Waals surface area (Å²) in [6, 6.07) is 7.98. The van der Waals surface area contributed by atoms with Gasteiger partial charge in [0.1, 0.15) is 0 Å². The molecule has 0 aromatic heterocycles. The first-order valence-corrected chi connectivity index (χ1v) is 6.96. The van der Waals surface area contributed by atoms with Crippen LogP contribution in [0, 0.1) is 11.8 Å². The molecule has 1 aliphatic carbocycles. The molecule has 18 heavy (non-hydrogen) atoms. The summed E-state index contributed by atoms with van der Waals surface area (Å²) in [6.07, 6.45) is 4.99. The third kappa shape index (κ3) is 3.47. The van der Waals surface area contributed by atoms with Gasteiger partial charge in [-0.15, -0.1) is 0 Å². The van der Waals surface area contributed by atoms with Crippen molar-refractivity contribution in [3.8, 4) is 0 Å². The number of hydrogen-bond acceptors (Lipinski definition) is 3. The second-order valence-corrected chi connectivity index (χ2v) is 5.32. The van der Waals surface area contributed by atoms with Crippen LogP contribution in [-0.2, 0) is 6.54 Å². The Labute approximate surface area is 109 Å². The first-order chi connectivity index (χ1) is 8.81. The minimum atomic E-state index is 0.333. The van der Waals surface area contributed by atoms with Crippen molar-refractivity contribution in [2.24, 2.45) is 11.8 Å². The summed E-state index contributed by atoms with van der Waals surface area (Å²) in [5, 5.41) is 12.9. The summed E-state index contributed by atoms with van der Waals surface area (Å²) >= 11 is 0. The number of nitrogen functional groups attached to an aromatic ring is 1. The second kappa shape index (κ2) is 6.76. The number of hydrogen-bond donors (Lipinski definition) is 3. The predicted octanol–water partition coefficient (Wildman–Crippen LogP) is 2.16. The summed E-state index contributed by atoms with van der Waals surface area (Å²) in [4.78, 5) is 0. The molecule has 0 aliphatic heterocycles. The van der Waals surface area contributed by atoms with Crippen molar-refractivity contribution in [1.29, 1.82) is 0 Å². The minimum absolute atomic E-state index is 0.333. The van der Waals surface area contributed by atoms with Gasteiger partial charge in [-0.05, 0) is 42.9 Å². The topological polar surface area (TPSA) is 58.3 Å². The van der Waals surface area contributed by atoms with Crippen LogP contribution in [0.1, 0.15) is 31.2 Å². The fourth-order valence-electron chi connectivity index (χ4n) is 2.88. The van der Waals surface area contributed by atoms with E-state index in [0.717, 1.165) is 24.3 Å². The molecule has 0 saturated heterocycles. The predicted molar refractivity (Wildman–Crippen MR) is 75.1 cm³/mol. The Morgan fingerprint density at radius 3 is 2.61 bits per heavy atom. The van der Waals surface area contributed by atoms with E-state index in [1.54, 1.807) is 0 Å². The van der Waals surface area contributed by atoms with Crippen molar-refractivity contribution in [2.75, 3.05) is 18.9 Å². The zero-order valence-electron chi connectivity index (χ0n) is 10.9. The van der Waals surface area contributed by atoms with Crippen LogP contribution >= 0.6 is 0 Å². The van der Waals surface area contributed by atoms with Crippen LogP contribution in [0.15, 0.2) is 24.3 Å². The lowest BCUT2D eigenvalue weighted by atomic mass is 9.79. The van der Waals surface area contributed by atoms with E-state index in [1.165, 1.54) is 25.7 Å². The lowest BCUT2D eigenvalue weighted by Crippen LogP contribution is -2.32. The van der Waals surface area contributed by atoms with Crippen LogP contribution < -0.4 is 11.1 Å². The molecule has 1 aromatic rings. The minimum Gasteiger partial charge on any atom is -0.398 e. The number of nitrogens with one attached hydrogen (secondary N) is 1. The first kappa shape index (κ1) is 13.4. The SMILES string of the molecule is Nc1ccccc1CNCC1CCCCC1CO. The number of aliphatic hydroxyl groups excluding tert-OH is 1. The third-order valence-electron chi connectivity index (χ3n) is 4.08. The van der Waals surface area contributed by atoms with E-state index in [-0.39, 0.29) is 0 Å². The lowest BCUT2D eigenvalue weighted by Gasteiger charge is -2.30. The third-order valence-corrected chi connectivity index (χ3v) is 4.08. The molecule has 4 N–H and O–H groups in total. The fraction of sp³-hybridized carbons (Fsp3) is 0.600. The van der Waals surface area contributed by atoms with Crippen molar-refractivity contribution in [3.63, 3.8) is 0 Å². The highest BCUT2D eigenvalue weighted by Gasteiger charge is 2.23. The summed E-state index contributed by atoms with van der Waals surface area (Å²) in [5.41, 5.74) is 7.93. The lowest BCUT2D eigenvalue weighted by molar-refractivity contribution is 0.133. The van der Waals surface area contributed by atoms with E-state index in [9.17, 15) is 5.11 Å². The van der Waals surface area contributed by atoms with Gasteiger partial charge in [0.05, 0.1) is 0 Å². The van der Waals surface area contributed by atoms with Crippen LogP contribution in [0.25, 0.3) is 0 Å². The van der Waals surface area contributed by atoms with E-state index >= 15 is 0 Å². The van der Waals surface area contributed by atoms with Crippen molar-refractivity contribution in [1.82, 2.24) is 5.32 Å². The molecule has 1 aromatic carbocycles. The summed E-state index contributed by atoms with van der Waals surface area (Å²) in [7, 11) is 0. The van der Waals surface area contributed by atoms with E-state index < -0.39 is 0 Å². The van der Waals surface area contributed by atoms with Gasteiger partial charge >= 0.3 is 0 Å². The maximum Gasteiger partial charge on any atom is 0.0462 e. The molecule has 0 bridgehead atoms. The van der Waals surface area contributed by atoms with Gasteiger partial charge in [-0.3, -0.25) is 0 Å². The van der Waals surface area contributed by atoms with Crippen LogP contribution in [0.3, 0.4) is 0 Å². The Hall–Kier alpha value is -1.06. The highest BCUT2D eigenvalue weighted by atomic mass is 16.3. The van der Waals surface area contributed by atoms with E-state index in [4.69, 9.17) is 5.73 Å². The molecule has 100 valence electrons. The van der Waals surface area contributed by atoms with Crippen LogP contribution in [0.4, 0.5) is 5.69 Å². The Balaban J connectivity index is 1.79. The molecule has 1 saturated carbocycles. The summed E-state index contributed by atoms with van der Waals surface area (Å²) in [6.45, 7) is 2.14. The van der Waals surface area contributed by atoms with Gasteiger partial charge in [0.15, 0.2) is 0 Å². The van der Waals surface area contributed by atoms with Gasteiger partial charge < -0.3 is 16.2 Å². The van der Waals surface area contributed by atoms with E-state index in [2.05, 4.69) is 11.4 Å². The largest absolute Gasteiger partial charge is 0.398 e. The summed E-state index contributed by atoms with van der Waals surface area (Å²) < 4.78 is 0. The van der Waals surface area contributed by atoms with E-state index in [0.29, 0.717) is 18.4 Å². The molecular formula is C15H24N2O. The Kier molecular flexibility index (Phi) is 5.02. The molecule has 0 heterocycles. The van der Waals surface area contributed by atoms with Gasteiger partial charge in [0, 0.05) is 18.8 Å². The van der Waals surface area contributed by atoms with Crippen LogP contribution in [0.5, 0.6) is 0 Å². The number of anilines is 1. The first-order valence-electron chi connectivity index (χ1n) is 6.96. The maximum atomic E-state index is 9.37. The fourth-order valence-corrected chi connectivity index (χ4v) is 2.88. The zero-order valence-corrected chi connectivity index (χ0v) is 10.9. The zero-order chi connectivity index (χ0) is 12.8. The second-order valence-electron chi connectivity index (χ2n) is 5.32. The monoisotopic (exact) mass is 248 g/mol. The van der Waals surface area contributed by atoms with E-state index in [1.807, 2.05) is 18.2 Å². The highest BCUT2D eigenvalue weighted by molar-refractivity contribution is 5.46. The Bertz CT molecular complexity index is 367. The molecular weight excluding hydrogens is 224 g/mol. The molecule has 0 amide bonds. The molecule has 2 unspecified atom stereocenters. The number of aliphatic hydroxyl groups is 1. The van der Waals surface area contributed by atoms with Gasteiger partial charge in [0.2, 0.25) is 0 Å². The van der Waals surface area contributed by atoms with Crippen molar-refractivity contribution in [3.05, 3.63) is 29.8 Å². The molecule has 3 heteroatoms. The van der Waals surface area contributed by atoms with Crippen LogP contribution in [-0.4, -0.2) is 18.3 Å². The molecule has 0 spiro atoms. The smallest absolute Gasteiger partial charge is 0.0462 e. The molecule has 2 atom stereocenters. The van der Waals surface area contributed by atoms with Crippen molar-refractivity contribution >= 4 is 5.69 Å². The van der Waals surface area contributed by atoms with Crippen molar-refractivity contribution < 1.29 is 5.11 Å². The highest BCUT2D eigenvalue weighted by Crippen LogP contribution is 2.29. The van der Waals surface area contributed by atoms with Crippen LogP contribution in [0.2, 0.25) is 0 Å². The number of benzene rings is 1. The Morgan fingerprint density at radius 1 is 1.17 bits per heavy atom. The van der Waals surface area contributed by atoms with Gasteiger partial charge in [0.25, 0.3) is 0 Å². The number of para-hydroxylation sites is 1. The summed E-state index contributed by atoms with van der Waals surface area (Å²) in [5.74, 6) is 1.10. The number of rotatable bonds is 5. The molecule has 1 aliphatic rings. The Morgan fingerprint density at radius 2 is 1.89 bits per heavy atom. The normalized spacial score (nSPS) is 24.1. The molecule has 1 fully saturated rings.